The molecule has 3 aliphatic carbocycles. The second kappa shape index (κ2) is 7.34. The van der Waals surface area contributed by atoms with Crippen LogP contribution in [-0.4, -0.2) is 0 Å². The Kier molecular flexibility index (Phi) is 3.98. The monoisotopic (exact) mass is 546 g/mol. The lowest BCUT2D eigenvalue weighted by molar-refractivity contribution is 0.834. The summed E-state index contributed by atoms with van der Waals surface area (Å²) in [5.41, 5.74) is 11.3. The van der Waals surface area contributed by atoms with Gasteiger partial charge in [0.25, 0.3) is 0 Å². The molecular weight excluding hydrogens is 527 g/mol. The first-order chi connectivity index (χ1) is 19.7. The Labute approximate surface area is 241 Å². The van der Waals surface area contributed by atoms with Crippen LogP contribution >= 0.6 is 23.2 Å². The van der Waals surface area contributed by atoms with E-state index in [-0.39, 0.29) is 11.3 Å². The summed E-state index contributed by atoms with van der Waals surface area (Å²) in [6, 6.07) is 37.7. The molecule has 0 aromatic heterocycles. The summed E-state index contributed by atoms with van der Waals surface area (Å²) in [6.07, 6.45) is 2.41. The molecule has 0 nitrogen and oxygen atoms in total. The lowest BCUT2D eigenvalue weighted by Crippen LogP contribution is -2.10. The summed E-state index contributed by atoms with van der Waals surface area (Å²) in [4.78, 5) is 0. The Bertz CT molecular complexity index is 2350. The van der Waals surface area contributed by atoms with Crippen LogP contribution in [0.5, 0.6) is 0 Å². The summed E-state index contributed by atoms with van der Waals surface area (Å²) in [7, 11) is 0. The minimum absolute atomic E-state index is 0.121. The maximum absolute atomic E-state index is 7.38. The highest BCUT2D eigenvalue weighted by molar-refractivity contribution is 6.42. The third-order valence-corrected chi connectivity index (χ3v) is 10.5. The molecule has 0 bridgehead atoms. The average molecular weight is 547 g/mol. The molecule has 2 atom stereocenters. The van der Waals surface area contributed by atoms with Crippen LogP contribution in [0, 0.1) is 0 Å². The smallest absolute Gasteiger partial charge is 0.0700 e. The molecule has 7 aromatic rings. The highest BCUT2D eigenvalue weighted by Crippen LogP contribution is 2.59. The maximum Gasteiger partial charge on any atom is 0.0700 e. The lowest BCUT2D eigenvalue weighted by Gasteiger charge is -2.28. The van der Waals surface area contributed by atoms with Crippen LogP contribution < -0.4 is 0 Å². The molecule has 0 amide bonds. The van der Waals surface area contributed by atoms with Gasteiger partial charge >= 0.3 is 0 Å². The zero-order valence-electron chi connectivity index (χ0n) is 21.3. The van der Waals surface area contributed by atoms with Gasteiger partial charge in [-0.15, -0.1) is 11.6 Å². The standard InChI is InChI=1S/C38H20Cl2/c39-37-25-15-14-22-21(29(25)17-31-23-9-1-5-19-7-3-11-27(33(19)23)35(31)37)13-16-26-30(22)18-32-24-10-2-6-20-8-4-12-28(34(20)24)36(32)38(26)40/h1-18,35,37H. The van der Waals surface area contributed by atoms with Gasteiger partial charge in [-0.1, -0.05) is 109 Å². The second-order valence-electron chi connectivity index (χ2n) is 11.4. The van der Waals surface area contributed by atoms with E-state index in [1.165, 1.54) is 82.2 Å². The lowest BCUT2D eigenvalue weighted by atomic mass is 9.79. The van der Waals surface area contributed by atoms with Crippen LogP contribution in [0.25, 0.3) is 77.0 Å². The average Bonchev–Trinajstić information content (AvgIpc) is 3.49. The number of rotatable bonds is 0. The van der Waals surface area contributed by atoms with Crippen molar-refractivity contribution in [2.45, 2.75) is 11.3 Å². The zero-order chi connectivity index (χ0) is 26.3. The van der Waals surface area contributed by atoms with Gasteiger partial charge in [0.15, 0.2) is 0 Å². The van der Waals surface area contributed by atoms with Crippen LogP contribution in [-0.2, 0) is 0 Å². The molecule has 2 heteroatoms. The molecule has 0 spiro atoms. The van der Waals surface area contributed by atoms with Crippen LogP contribution in [0.2, 0.25) is 5.02 Å². The van der Waals surface area contributed by atoms with E-state index in [0.717, 1.165) is 16.0 Å². The first kappa shape index (κ1) is 21.7. The molecule has 0 heterocycles. The zero-order valence-corrected chi connectivity index (χ0v) is 22.8. The molecule has 0 aliphatic heterocycles. The van der Waals surface area contributed by atoms with Gasteiger partial charge in [0.2, 0.25) is 0 Å². The molecule has 10 rings (SSSR count). The van der Waals surface area contributed by atoms with Crippen LogP contribution in [0.3, 0.4) is 0 Å². The van der Waals surface area contributed by atoms with E-state index in [0.29, 0.717) is 0 Å². The highest BCUT2D eigenvalue weighted by atomic mass is 35.5. The fourth-order valence-electron chi connectivity index (χ4n) is 7.96. The number of allylic oxidation sites excluding steroid dienone is 1. The summed E-state index contributed by atoms with van der Waals surface area (Å²) in [5, 5.41) is 10.6. The summed E-state index contributed by atoms with van der Waals surface area (Å²) < 4.78 is 0. The Morgan fingerprint density at radius 1 is 0.525 bits per heavy atom. The van der Waals surface area contributed by atoms with Gasteiger partial charge < -0.3 is 0 Å². The number of hydrogen-bond donors (Lipinski definition) is 0. The van der Waals surface area contributed by atoms with E-state index < -0.39 is 0 Å². The van der Waals surface area contributed by atoms with Gasteiger partial charge in [-0.25, -0.2) is 0 Å². The molecule has 7 aromatic carbocycles. The molecular formula is C38H20Cl2. The third-order valence-electron chi connectivity index (χ3n) is 9.60. The third kappa shape index (κ3) is 2.47. The van der Waals surface area contributed by atoms with Crippen molar-refractivity contribution in [1.82, 2.24) is 0 Å². The fraction of sp³-hybridized carbons (Fsp3) is 0.0526. The first-order valence-corrected chi connectivity index (χ1v) is 14.6. The second-order valence-corrected chi connectivity index (χ2v) is 12.2. The topological polar surface area (TPSA) is 0 Å². The predicted molar refractivity (Wildman–Crippen MR) is 172 cm³/mol. The van der Waals surface area contributed by atoms with Gasteiger partial charge in [-0.2, -0.15) is 0 Å². The minimum Gasteiger partial charge on any atom is -0.117 e. The van der Waals surface area contributed by atoms with E-state index in [9.17, 15) is 0 Å². The number of alkyl halides is 1. The Morgan fingerprint density at radius 2 is 1.20 bits per heavy atom. The van der Waals surface area contributed by atoms with E-state index in [1.807, 2.05) is 0 Å². The molecule has 186 valence electrons. The summed E-state index contributed by atoms with van der Waals surface area (Å²) in [6.45, 7) is 0. The maximum atomic E-state index is 7.38. The van der Waals surface area contributed by atoms with Crippen molar-refractivity contribution in [3.05, 3.63) is 130 Å². The minimum atomic E-state index is -0.121. The summed E-state index contributed by atoms with van der Waals surface area (Å²) >= 11 is 14.6. The first-order valence-electron chi connectivity index (χ1n) is 13.8. The van der Waals surface area contributed by atoms with Crippen LogP contribution in [0.4, 0.5) is 0 Å². The van der Waals surface area contributed by atoms with E-state index in [1.54, 1.807) is 0 Å². The van der Waals surface area contributed by atoms with Crippen molar-refractivity contribution in [2.24, 2.45) is 0 Å². The van der Waals surface area contributed by atoms with Gasteiger partial charge in [0.05, 0.1) is 10.4 Å². The van der Waals surface area contributed by atoms with E-state index in [4.69, 9.17) is 23.2 Å². The fourth-order valence-corrected chi connectivity index (χ4v) is 8.79. The number of hydrogen-bond acceptors (Lipinski definition) is 0. The molecule has 3 aliphatic rings. The molecule has 0 saturated carbocycles. The normalized spacial score (nSPS) is 17.9. The number of benzene rings is 7. The Balaban J connectivity index is 1.27. The summed E-state index contributed by atoms with van der Waals surface area (Å²) in [5.74, 6) is 0.171. The molecule has 0 radical (unpaired) electrons. The Hall–Kier alpha value is -4.10. The van der Waals surface area contributed by atoms with Gasteiger partial charge in [-0.3, -0.25) is 0 Å². The van der Waals surface area contributed by atoms with Crippen LogP contribution in [0.1, 0.15) is 33.5 Å². The largest absolute Gasteiger partial charge is 0.117 e. The van der Waals surface area contributed by atoms with Crippen molar-refractivity contribution in [2.75, 3.05) is 0 Å². The Morgan fingerprint density at radius 3 is 2.02 bits per heavy atom. The van der Waals surface area contributed by atoms with E-state index in [2.05, 4.69) is 109 Å². The van der Waals surface area contributed by atoms with Crippen molar-refractivity contribution in [3.63, 3.8) is 0 Å². The van der Waals surface area contributed by atoms with Crippen molar-refractivity contribution < 1.29 is 0 Å². The SMILES string of the molecule is Clc1c2c(cc3c1ccc1c4c(ccc13)C(Cl)C1C(=C4)c3cccc4cccc1c34)-c1cccc3cccc-2c13. The van der Waals surface area contributed by atoms with Gasteiger partial charge in [0.1, 0.15) is 0 Å². The molecule has 40 heavy (non-hydrogen) atoms. The molecule has 0 saturated heterocycles. The van der Waals surface area contributed by atoms with Gasteiger partial charge in [0, 0.05) is 16.9 Å². The van der Waals surface area contributed by atoms with Crippen molar-refractivity contribution in [1.29, 1.82) is 0 Å². The molecule has 0 N–H and O–H groups in total. The molecule has 0 fully saturated rings. The van der Waals surface area contributed by atoms with E-state index >= 15 is 0 Å². The quantitative estimate of drug-likeness (QED) is 0.131. The number of fused-ring (bicyclic) bond motifs is 11. The van der Waals surface area contributed by atoms with Gasteiger partial charge in [-0.05, 0) is 94.4 Å². The molecule has 2 unspecified atom stereocenters. The van der Waals surface area contributed by atoms with Crippen LogP contribution in [0.15, 0.2) is 103 Å². The van der Waals surface area contributed by atoms with Crippen molar-refractivity contribution >= 4 is 77.9 Å². The predicted octanol–water partition coefficient (Wildman–Crippen LogP) is 11.5. The highest BCUT2D eigenvalue weighted by Gasteiger charge is 2.39. The van der Waals surface area contributed by atoms with Crippen molar-refractivity contribution in [3.8, 4) is 22.3 Å². The number of halogens is 2.